The first-order valence-electron chi connectivity index (χ1n) is 12.1. The van der Waals surface area contributed by atoms with Crippen LogP contribution >= 0.6 is 0 Å². The summed E-state index contributed by atoms with van der Waals surface area (Å²) in [4.78, 5) is 27.6. The van der Waals surface area contributed by atoms with E-state index in [2.05, 4.69) is 5.32 Å². The zero-order chi connectivity index (χ0) is 24.5. The molecule has 1 atom stereocenters. The second kappa shape index (κ2) is 12.1. The molecule has 0 radical (unpaired) electrons. The van der Waals surface area contributed by atoms with E-state index in [1.807, 2.05) is 91.9 Å². The maximum Gasteiger partial charge on any atom is 0.251 e. The number of ether oxygens (including phenoxy) is 1. The molecular formula is C30H32N2O3. The molecule has 1 fully saturated rings. The van der Waals surface area contributed by atoms with Crippen molar-refractivity contribution in [2.75, 3.05) is 18.1 Å². The molecule has 1 N–H and O–H groups in total. The number of carbonyl (C=O) groups is 2. The topological polar surface area (TPSA) is 58.6 Å². The van der Waals surface area contributed by atoms with Gasteiger partial charge in [-0.2, -0.15) is 0 Å². The molecule has 180 valence electrons. The largest absolute Gasteiger partial charge is 0.376 e. The Labute approximate surface area is 207 Å². The van der Waals surface area contributed by atoms with Gasteiger partial charge in [0.15, 0.2) is 0 Å². The van der Waals surface area contributed by atoms with Crippen LogP contribution in [0.5, 0.6) is 0 Å². The van der Waals surface area contributed by atoms with Gasteiger partial charge in [0, 0.05) is 24.9 Å². The van der Waals surface area contributed by atoms with Crippen LogP contribution in [0.15, 0.2) is 84.9 Å². The molecule has 1 saturated heterocycles. The number of nitrogens with zero attached hydrogens (tertiary/aromatic N) is 1. The quantitative estimate of drug-likeness (QED) is 0.446. The van der Waals surface area contributed by atoms with Crippen LogP contribution in [0.1, 0.15) is 35.1 Å². The van der Waals surface area contributed by atoms with Crippen LogP contribution in [0.2, 0.25) is 0 Å². The van der Waals surface area contributed by atoms with Crippen molar-refractivity contribution in [3.05, 3.63) is 107 Å². The maximum absolute atomic E-state index is 13.3. The van der Waals surface area contributed by atoms with Crippen LogP contribution in [0.25, 0.3) is 6.08 Å². The van der Waals surface area contributed by atoms with Gasteiger partial charge in [0.2, 0.25) is 5.91 Å². The van der Waals surface area contributed by atoms with E-state index in [4.69, 9.17) is 4.74 Å². The summed E-state index contributed by atoms with van der Waals surface area (Å²) >= 11 is 0. The predicted octanol–water partition coefficient (Wildman–Crippen LogP) is 5.08. The van der Waals surface area contributed by atoms with E-state index >= 15 is 0 Å². The van der Waals surface area contributed by atoms with Crippen LogP contribution in [-0.4, -0.2) is 31.1 Å². The number of carbonyl (C=O) groups excluding carboxylic acids is 2. The summed E-state index contributed by atoms with van der Waals surface area (Å²) < 4.78 is 5.58. The lowest BCUT2D eigenvalue weighted by Gasteiger charge is -2.22. The smallest absolute Gasteiger partial charge is 0.251 e. The van der Waals surface area contributed by atoms with Crippen LogP contribution in [0.4, 0.5) is 5.69 Å². The second-order valence-electron chi connectivity index (χ2n) is 8.94. The van der Waals surface area contributed by atoms with Gasteiger partial charge in [-0.3, -0.25) is 9.59 Å². The fourth-order valence-electron chi connectivity index (χ4n) is 4.11. The molecule has 0 bridgehead atoms. The molecule has 0 aliphatic carbocycles. The standard InChI is InChI=1S/C30H32N2O3/c1-23-12-14-25(15-13-23)22-32(30(34)17-16-24-7-3-2-4-8-24)27-10-5-9-26(19-27)20-29(33)31-21-28-11-6-18-35-28/h2-5,7-10,12-17,19,28H,6,11,18,20-22H2,1H3,(H,31,33)/b17-16+. The van der Waals surface area contributed by atoms with E-state index in [1.54, 1.807) is 11.0 Å². The molecule has 4 rings (SSSR count). The van der Waals surface area contributed by atoms with Gasteiger partial charge in [0.1, 0.15) is 0 Å². The fourth-order valence-corrected chi connectivity index (χ4v) is 4.11. The average Bonchev–Trinajstić information content (AvgIpc) is 3.40. The van der Waals surface area contributed by atoms with Crippen molar-refractivity contribution in [3.8, 4) is 0 Å². The molecule has 1 heterocycles. The summed E-state index contributed by atoms with van der Waals surface area (Å²) in [5, 5.41) is 2.97. The van der Waals surface area contributed by atoms with E-state index in [0.717, 1.165) is 41.8 Å². The summed E-state index contributed by atoms with van der Waals surface area (Å²) in [6, 6.07) is 25.6. The summed E-state index contributed by atoms with van der Waals surface area (Å²) in [6.07, 6.45) is 5.84. The number of rotatable bonds is 9. The second-order valence-corrected chi connectivity index (χ2v) is 8.94. The summed E-state index contributed by atoms with van der Waals surface area (Å²) in [5.41, 5.74) is 4.80. The minimum Gasteiger partial charge on any atom is -0.376 e. The lowest BCUT2D eigenvalue weighted by atomic mass is 10.1. The van der Waals surface area contributed by atoms with Crippen molar-refractivity contribution in [2.45, 2.75) is 38.8 Å². The molecule has 1 aliphatic rings. The van der Waals surface area contributed by atoms with Gasteiger partial charge in [0.05, 0.1) is 19.1 Å². The third kappa shape index (κ3) is 7.39. The van der Waals surface area contributed by atoms with Crippen molar-refractivity contribution in [3.63, 3.8) is 0 Å². The number of nitrogens with one attached hydrogen (secondary N) is 1. The number of hydrogen-bond donors (Lipinski definition) is 1. The number of aryl methyl sites for hydroxylation is 1. The van der Waals surface area contributed by atoms with Crippen LogP contribution in [0.3, 0.4) is 0 Å². The number of benzene rings is 3. The Morgan fingerprint density at radius 2 is 1.80 bits per heavy atom. The third-order valence-corrected chi connectivity index (χ3v) is 6.08. The highest BCUT2D eigenvalue weighted by atomic mass is 16.5. The molecule has 3 aromatic rings. The first-order chi connectivity index (χ1) is 17.1. The normalized spacial score (nSPS) is 15.3. The fraction of sp³-hybridized carbons (Fsp3) is 0.267. The van der Waals surface area contributed by atoms with E-state index in [-0.39, 0.29) is 24.3 Å². The number of amides is 2. The first kappa shape index (κ1) is 24.4. The first-order valence-corrected chi connectivity index (χ1v) is 12.1. The third-order valence-electron chi connectivity index (χ3n) is 6.08. The average molecular weight is 469 g/mol. The van der Waals surface area contributed by atoms with Crippen molar-refractivity contribution < 1.29 is 14.3 Å². The lowest BCUT2D eigenvalue weighted by molar-refractivity contribution is -0.121. The summed E-state index contributed by atoms with van der Waals surface area (Å²) in [7, 11) is 0. The molecule has 0 saturated carbocycles. The van der Waals surface area contributed by atoms with Gasteiger partial charge in [-0.1, -0.05) is 72.3 Å². The Morgan fingerprint density at radius 3 is 2.54 bits per heavy atom. The predicted molar refractivity (Wildman–Crippen MR) is 140 cm³/mol. The Bertz CT molecular complexity index is 1150. The minimum absolute atomic E-state index is 0.0435. The Kier molecular flexibility index (Phi) is 8.47. The SMILES string of the molecule is Cc1ccc(CN(C(=O)/C=C/c2ccccc2)c2cccc(CC(=O)NCC3CCCO3)c2)cc1. The maximum atomic E-state index is 13.3. The zero-order valence-electron chi connectivity index (χ0n) is 20.2. The van der Waals surface area contributed by atoms with Gasteiger partial charge in [0.25, 0.3) is 5.91 Å². The van der Waals surface area contributed by atoms with Crippen molar-refractivity contribution in [1.82, 2.24) is 5.32 Å². The summed E-state index contributed by atoms with van der Waals surface area (Å²) in [6.45, 7) is 3.79. The highest BCUT2D eigenvalue weighted by Gasteiger charge is 2.18. The molecule has 0 spiro atoms. The summed E-state index contributed by atoms with van der Waals surface area (Å²) in [5.74, 6) is -0.160. The molecule has 0 aromatic heterocycles. The van der Waals surface area contributed by atoms with Gasteiger partial charge >= 0.3 is 0 Å². The molecule has 2 amide bonds. The van der Waals surface area contributed by atoms with Crippen LogP contribution in [0, 0.1) is 6.92 Å². The van der Waals surface area contributed by atoms with Crippen LogP contribution < -0.4 is 10.2 Å². The molecule has 5 heteroatoms. The van der Waals surface area contributed by atoms with E-state index in [0.29, 0.717) is 13.1 Å². The van der Waals surface area contributed by atoms with Crippen molar-refractivity contribution in [2.24, 2.45) is 0 Å². The molecule has 35 heavy (non-hydrogen) atoms. The number of hydrogen-bond acceptors (Lipinski definition) is 3. The minimum atomic E-state index is -0.116. The molecule has 1 unspecified atom stereocenters. The van der Waals surface area contributed by atoms with Gasteiger partial charge in [-0.25, -0.2) is 0 Å². The van der Waals surface area contributed by atoms with Crippen molar-refractivity contribution >= 4 is 23.6 Å². The van der Waals surface area contributed by atoms with E-state index in [1.165, 1.54) is 5.56 Å². The Balaban J connectivity index is 1.50. The number of anilines is 1. The lowest BCUT2D eigenvalue weighted by Crippen LogP contribution is -2.33. The monoisotopic (exact) mass is 468 g/mol. The molecule has 5 nitrogen and oxygen atoms in total. The van der Waals surface area contributed by atoms with Crippen LogP contribution in [-0.2, 0) is 27.3 Å². The highest BCUT2D eigenvalue weighted by Crippen LogP contribution is 2.21. The molecule has 1 aliphatic heterocycles. The Morgan fingerprint density at radius 1 is 1.00 bits per heavy atom. The van der Waals surface area contributed by atoms with Gasteiger partial charge in [-0.05, 0) is 54.7 Å². The van der Waals surface area contributed by atoms with Gasteiger partial charge < -0.3 is 15.0 Å². The molecular weight excluding hydrogens is 436 g/mol. The Hall–Kier alpha value is -3.70. The van der Waals surface area contributed by atoms with E-state index < -0.39 is 0 Å². The highest BCUT2D eigenvalue weighted by molar-refractivity contribution is 6.03. The van der Waals surface area contributed by atoms with Gasteiger partial charge in [-0.15, -0.1) is 0 Å². The molecule has 3 aromatic carbocycles. The zero-order valence-corrected chi connectivity index (χ0v) is 20.2. The van der Waals surface area contributed by atoms with E-state index in [9.17, 15) is 9.59 Å². The van der Waals surface area contributed by atoms with Crippen molar-refractivity contribution in [1.29, 1.82) is 0 Å².